The number of nitrogens with one attached hydrogen (secondary N) is 1. The molecule has 1 aromatic carbocycles. The molecule has 0 aliphatic rings. The van der Waals surface area contributed by atoms with Crippen LogP contribution in [0.2, 0.25) is 0 Å². The minimum Gasteiger partial charge on any atom is -0.494 e. The Kier molecular flexibility index (Phi) is 7.42. The first-order valence-corrected chi connectivity index (χ1v) is 8.57. The maximum Gasteiger partial charge on any atom is 0.317 e. The quantitative estimate of drug-likeness (QED) is 0.611. The van der Waals surface area contributed by atoms with Crippen LogP contribution in [0.25, 0.3) is 0 Å². The molecule has 0 saturated heterocycles. The second kappa shape index (κ2) is 8.82. The van der Waals surface area contributed by atoms with Crippen LogP contribution in [0.15, 0.2) is 29.2 Å². The molecule has 0 saturated carbocycles. The van der Waals surface area contributed by atoms with Gasteiger partial charge in [0.25, 0.3) is 5.91 Å². The lowest BCUT2D eigenvalue weighted by atomic mass is 10.1. The highest BCUT2D eigenvalue weighted by Gasteiger charge is 2.22. The molecule has 23 heavy (non-hydrogen) atoms. The van der Waals surface area contributed by atoms with E-state index in [0.29, 0.717) is 6.61 Å². The maximum absolute atomic E-state index is 11.9. The number of hydrogen-bond acceptors (Lipinski definition) is 5. The van der Waals surface area contributed by atoms with E-state index in [-0.39, 0.29) is 17.2 Å². The van der Waals surface area contributed by atoms with Crippen LogP contribution in [0.1, 0.15) is 34.6 Å². The summed E-state index contributed by atoms with van der Waals surface area (Å²) >= 11 is 1.36. The molecule has 1 amide bonds. The molecule has 5 nitrogen and oxygen atoms in total. The second-order valence-electron chi connectivity index (χ2n) is 6.06. The van der Waals surface area contributed by atoms with E-state index >= 15 is 0 Å². The largest absolute Gasteiger partial charge is 0.494 e. The summed E-state index contributed by atoms with van der Waals surface area (Å²) in [6, 6.07) is 7.49. The Labute approximate surface area is 142 Å². The van der Waals surface area contributed by atoms with Crippen molar-refractivity contribution >= 4 is 23.6 Å². The molecule has 1 atom stereocenters. The third-order valence-electron chi connectivity index (χ3n) is 2.67. The monoisotopic (exact) mass is 339 g/mol. The van der Waals surface area contributed by atoms with Crippen molar-refractivity contribution in [2.75, 3.05) is 12.4 Å². The Morgan fingerprint density at radius 2 is 1.83 bits per heavy atom. The van der Waals surface area contributed by atoms with Crippen molar-refractivity contribution in [1.82, 2.24) is 5.32 Å². The molecule has 1 N–H and O–H groups in total. The molecule has 128 valence electrons. The zero-order chi connectivity index (χ0) is 17.5. The van der Waals surface area contributed by atoms with Gasteiger partial charge in [0.2, 0.25) is 0 Å². The Bertz CT molecular complexity index is 522. The minimum atomic E-state index is -0.803. The number of rotatable bonds is 7. The first kappa shape index (κ1) is 19.4. The summed E-state index contributed by atoms with van der Waals surface area (Å²) in [4.78, 5) is 24.6. The van der Waals surface area contributed by atoms with Crippen LogP contribution in [-0.4, -0.2) is 35.9 Å². The van der Waals surface area contributed by atoms with E-state index in [1.165, 1.54) is 11.8 Å². The zero-order valence-electron chi connectivity index (χ0n) is 14.3. The first-order chi connectivity index (χ1) is 10.7. The van der Waals surface area contributed by atoms with E-state index in [9.17, 15) is 9.59 Å². The van der Waals surface area contributed by atoms with Gasteiger partial charge in [0, 0.05) is 10.4 Å². The zero-order valence-corrected chi connectivity index (χ0v) is 15.2. The fourth-order valence-corrected chi connectivity index (χ4v) is 2.38. The Balaban J connectivity index is 2.40. The molecule has 0 aromatic heterocycles. The number of ether oxygens (including phenoxy) is 2. The Morgan fingerprint density at radius 3 is 2.35 bits per heavy atom. The summed E-state index contributed by atoms with van der Waals surface area (Å²) in [7, 11) is 0. The van der Waals surface area contributed by atoms with E-state index in [4.69, 9.17) is 9.47 Å². The number of thioether (sulfide) groups is 1. The standard InChI is InChI=1S/C17H25NO4S/c1-6-21-13-7-9-14(10-8-13)23-11-15(19)22-12(2)16(20)18-17(3,4)5/h7-10,12H,6,11H2,1-5H3,(H,18,20)/t12-/m1/s1. The van der Waals surface area contributed by atoms with Gasteiger partial charge in [-0.25, -0.2) is 0 Å². The van der Waals surface area contributed by atoms with Crippen molar-refractivity contribution < 1.29 is 19.1 Å². The van der Waals surface area contributed by atoms with Crippen LogP contribution in [0.3, 0.4) is 0 Å². The van der Waals surface area contributed by atoms with E-state index in [1.54, 1.807) is 6.92 Å². The van der Waals surface area contributed by atoms with E-state index < -0.39 is 12.1 Å². The molecule has 0 bridgehead atoms. The van der Waals surface area contributed by atoms with Crippen LogP contribution in [0, 0.1) is 0 Å². The summed E-state index contributed by atoms with van der Waals surface area (Å²) < 4.78 is 10.5. The van der Waals surface area contributed by atoms with Crippen molar-refractivity contribution in [2.24, 2.45) is 0 Å². The lowest BCUT2D eigenvalue weighted by Gasteiger charge is -2.23. The minimum absolute atomic E-state index is 0.154. The molecule has 0 radical (unpaired) electrons. The summed E-state index contributed by atoms with van der Waals surface area (Å²) in [5.74, 6) is 0.241. The SMILES string of the molecule is CCOc1ccc(SCC(=O)O[C@H](C)C(=O)NC(C)(C)C)cc1. The van der Waals surface area contributed by atoms with Gasteiger partial charge in [0.05, 0.1) is 12.4 Å². The van der Waals surface area contributed by atoms with Crippen LogP contribution >= 0.6 is 11.8 Å². The molecule has 0 heterocycles. The van der Waals surface area contributed by atoms with Crippen molar-refractivity contribution in [1.29, 1.82) is 0 Å². The van der Waals surface area contributed by atoms with E-state index in [1.807, 2.05) is 52.0 Å². The van der Waals surface area contributed by atoms with Crippen molar-refractivity contribution in [3.63, 3.8) is 0 Å². The fraction of sp³-hybridized carbons (Fsp3) is 0.529. The molecule has 0 unspecified atom stereocenters. The molecule has 0 aliphatic carbocycles. The molecular formula is C17H25NO4S. The summed E-state index contributed by atoms with van der Waals surface area (Å²) in [6.45, 7) is 9.74. The predicted octanol–water partition coefficient (Wildman–Crippen LogP) is 3.02. The van der Waals surface area contributed by atoms with Gasteiger partial charge in [0.1, 0.15) is 5.75 Å². The van der Waals surface area contributed by atoms with Gasteiger partial charge in [-0.15, -0.1) is 11.8 Å². The number of amides is 1. The van der Waals surface area contributed by atoms with Crippen molar-refractivity contribution in [2.45, 2.75) is 51.2 Å². The lowest BCUT2D eigenvalue weighted by Crippen LogP contribution is -2.46. The number of hydrogen-bond donors (Lipinski definition) is 1. The smallest absolute Gasteiger partial charge is 0.317 e. The Hall–Kier alpha value is -1.69. The van der Waals surface area contributed by atoms with E-state index in [2.05, 4.69) is 5.32 Å². The van der Waals surface area contributed by atoms with Crippen LogP contribution in [-0.2, 0) is 14.3 Å². The predicted molar refractivity (Wildman–Crippen MR) is 91.8 cm³/mol. The van der Waals surface area contributed by atoms with Gasteiger partial charge >= 0.3 is 5.97 Å². The summed E-state index contributed by atoms with van der Waals surface area (Å²) in [5.41, 5.74) is -0.352. The van der Waals surface area contributed by atoms with Crippen LogP contribution in [0.4, 0.5) is 0 Å². The molecular weight excluding hydrogens is 314 g/mol. The van der Waals surface area contributed by atoms with E-state index in [0.717, 1.165) is 10.6 Å². The normalized spacial score (nSPS) is 12.4. The van der Waals surface area contributed by atoms with Gasteiger partial charge < -0.3 is 14.8 Å². The number of carbonyl (C=O) groups is 2. The molecule has 1 aromatic rings. The highest BCUT2D eigenvalue weighted by Crippen LogP contribution is 2.21. The van der Waals surface area contributed by atoms with Gasteiger partial charge in [0.15, 0.2) is 6.10 Å². The third kappa shape index (κ3) is 7.93. The lowest BCUT2D eigenvalue weighted by molar-refractivity contribution is -0.152. The van der Waals surface area contributed by atoms with Gasteiger partial charge in [-0.3, -0.25) is 9.59 Å². The number of benzene rings is 1. The van der Waals surface area contributed by atoms with Crippen molar-refractivity contribution in [3.05, 3.63) is 24.3 Å². The second-order valence-corrected chi connectivity index (χ2v) is 7.11. The average molecular weight is 339 g/mol. The highest BCUT2D eigenvalue weighted by atomic mass is 32.2. The maximum atomic E-state index is 11.9. The molecule has 0 fully saturated rings. The molecule has 1 rings (SSSR count). The first-order valence-electron chi connectivity index (χ1n) is 7.58. The average Bonchev–Trinajstić information content (AvgIpc) is 2.45. The number of carbonyl (C=O) groups excluding carboxylic acids is 2. The Morgan fingerprint density at radius 1 is 1.22 bits per heavy atom. The third-order valence-corrected chi connectivity index (χ3v) is 3.65. The molecule has 0 spiro atoms. The number of esters is 1. The summed E-state index contributed by atoms with van der Waals surface area (Å²) in [6.07, 6.45) is -0.803. The summed E-state index contributed by atoms with van der Waals surface area (Å²) in [5, 5.41) is 2.78. The highest BCUT2D eigenvalue weighted by molar-refractivity contribution is 8.00. The molecule has 6 heteroatoms. The molecule has 0 aliphatic heterocycles. The van der Waals surface area contributed by atoms with Gasteiger partial charge in [-0.1, -0.05) is 0 Å². The van der Waals surface area contributed by atoms with Crippen LogP contribution < -0.4 is 10.1 Å². The van der Waals surface area contributed by atoms with Gasteiger partial charge in [-0.05, 0) is 58.9 Å². The van der Waals surface area contributed by atoms with Crippen molar-refractivity contribution in [3.8, 4) is 5.75 Å². The van der Waals surface area contributed by atoms with Crippen LogP contribution in [0.5, 0.6) is 5.75 Å². The van der Waals surface area contributed by atoms with Gasteiger partial charge in [-0.2, -0.15) is 0 Å². The topological polar surface area (TPSA) is 64.6 Å². The fourth-order valence-electron chi connectivity index (χ4n) is 1.70.